The summed E-state index contributed by atoms with van der Waals surface area (Å²) in [6.45, 7) is 8.06. The molecule has 1 aromatic rings. The Morgan fingerprint density at radius 2 is 1.18 bits per heavy atom. The van der Waals surface area contributed by atoms with Gasteiger partial charge in [0.05, 0.1) is 0 Å². The van der Waals surface area contributed by atoms with Crippen LogP contribution in [0, 0.1) is 11.8 Å². The molecule has 0 aliphatic carbocycles. The van der Waals surface area contributed by atoms with E-state index in [-0.39, 0.29) is 23.7 Å². The van der Waals surface area contributed by atoms with Crippen LogP contribution in [0.3, 0.4) is 0 Å². The molecule has 0 unspecified atom stereocenters. The minimum Gasteiger partial charge on any atom is -0.326 e. The van der Waals surface area contributed by atoms with Gasteiger partial charge >= 0.3 is 0 Å². The zero-order valence-electron chi connectivity index (χ0n) is 14.1. The van der Waals surface area contributed by atoms with Crippen LogP contribution in [-0.2, 0) is 9.59 Å². The Bertz CT molecular complexity index is 450. The van der Waals surface area contributed by atoms with E-state index in [4.69, 9.17) is 0 Å². The molecule has 0 saturated heterocycles. The van der Waals surface area contributed by atoms with Crippen molar-refractivity contribution in [3.05, 3.63) is 24.3 Å². The van der Waals surface area contributed by atoms with E-state index in [1.165, 1.54) is 0 Å². The Kier molecular flexibility index (Phi) is 7.64. The minimum absolute atomic E-state index is 0.0304. The maximum atomic E-state index is 12.1. The van der Waals surface area contributed by atoms with Crippen LogP contribution in [0.4, 0.5) is 11.4 Å². The normalized spacial score (nSPS) is 10.8. The van der Waals surface area contributed by atoms with Crippen LogP contribution in [0.2, 0.25) is 0 Å². The fourth-order valence-electron chi connectivity index (χ4n) is 2.48. The molecule has 0 atom stereocenters. The highest BCUT2D eigenvalue weighted by molar-refractivity contribution is 5.95. The Morgan fingerprint density at radius 1 is 0.818 bits per heavy atom. The van der Waals surface area contributed by atoms with Crippen molar-refractivity contribution in [2.75, 3.05) is 10.6 Å². The van der Waals surface area contributed by atoms with Crippen LogP contribution >= 0.6 is 0 Å². The van der Waals surface area contributed by atoms with Gasteiger partial charge in [-0.15, -0.1) is 0 Å². The van der Waals surface area contributed by atoms with Crippen LogP contribution in [0.15, 0.2) is 24.3 Å². The molecule has 0 aliphatic heterocycles. The van der Waals surface area contributed by atoms with Crippen molar-refractivity contribution in [2.45, 2.75) is 53.4 Å². The van der Waals surface area contributed by atoms with E-state index in [1.54, 1.807) is 6.07 Å². The van der Waals surface area contributed by atoms with Gasteiger partial charge in [0, 0.05) is 23.2 Å². The molecule has 0 fully saturated rings. The van der Waals surface area contributed by atoms with Gasteiger partial charge < -0.3 is 10.6 Å². The first-order valence-corrected chi connectivity index (χ1v) is 8.27. The molecule has 2 N–H and O–H groups in total. The van der Waals surface area contributed by atoms with Gasteiger partial charge in [-0.05, 0) is 43.9 Å². The van der Waals surface area contributed by atoms with Crippen molar-refractivity contribution in [3.63, 3.8) is 0 Å². The quantitative estimate of drug-likeness (QED) is 0.746. The van der Waals surface area contributed by atoms with Crippen molar-refractivity contribution in [1.29, 1.82) is 0 Å². The molecule has 1 rings (SSSR count). The van der Waals surface area contributed by atoms with Crippen molar-refractivity contribution in [3.8, 4) is 0 Å². The lowest BCUT2D eigenvalue weighted by molar-refractivity contribution is -0.120. The summed E-state index contributed by atoms with van der Waals surface area (Å²) in [5, 5.41) is 5.85. The van der Waals surface area contributed by atoms with Gasteiger partial charge in [-0.2, -0.15) is 0 Å². The third-order valence-electron chi connectivity index (χ3n) is 4.11. The summed E-state index contributed by atoms with van der Waals surface area (Å²) < 4.78 is 0. The number of anilines is 2. The number of amides is 2. The van der Waals surface area contributed by atoms with E-state index < -0.39 is 0 Å². The number of carbonyl (C=O) groups excluding carboxylic acids is 2. The molecule has 0 heterocycles. The van der Waals surface area contributed by atoms with Crippen molar-refractivity contribution in [1.82, 2.24) is 0 Å². The molecule has 4 nitrogen and oxygen atoms in total. The number of hydrogen-bond donors (Lipinski definition) is 2. The fourth-order valence-corrected chi connectivity index (χ4v) is 2.48. The summed E-state index contributed by atoms with van der Waals surface area (Å²) >= 11 is 0. The molecular weight excluding hydrogens is 276 g/mol. The molecule has 1 aromatic carbocycles. The lowest BCUT2D eigenvalue weighted by atomic mass is 10.0. The lowest BCUT2D eigenvalue weighted by Crippen LogP contribution is -2.23. The highest BCUT2D eigenvalue weighted by atomic mass is 16.2. The third-order valence-corrected chi connectivity index (χ3v) is 4.11. The smallest absolute Gasteiger partial charge is 0.227 e. The number of rotatable bonds is 8. The molecule has 0 aliphatic rings. The predicted molar refractivity (Wildman–Crippen MR) is 91.8 cm³/mol. The van der Waals surface area contributed by atoms with Gasteiger partial charge in [0.15, 0.2) is 0 Å². The van der Waals surface area contributed by atoms with Gasteiger partial charge in [0.1, 0.15) is 0 Å². The van der Waals surface area contributed by atoms with E-state index in [0.29, 0.717) is 0 Å². The minimum atomic E-state index is 0.0304. The number of hydrogen-bond acceptors (Lipinski definition) is 2. The van der Waals surface area contributed by atoms with Gasteiger partial charge in [-0.1, -0.05) is 33.8 Å². The average Bonchev–Trinajstić information content (AvgIpc) is 2.50. The maximum Gasteiger partial charge on any atom is 0.227 e. The van der Waals surface area contributed by atoms with Crippen LogP contribution in [0.5, 0.6) is 0 Å². The first-order valence-electron chi connectivity index (χ1n) is 8.27. The molecule has 0 radical (unpaired) electrons. The van der Waals surface area contributed by atoms with E-state index in [0.717, 1.165) is 37.1 Å². The van der Waals surface area contributed by atoms with Crippen LogP contribution < -0.4 is 10.6 Å². The summed E-state index contributed by atoms with van der Waals surface area (Å²) in [6, 6.07) is 7.33. The van der Waals surface area contributed by atoms with Gasteiger partial charge in [-0.3, -0.25) is 9.59 Å². The lowest BCUT2D eigenvalue weighted by Gasteiger charge is -2.15. The molecular formula is C18H28N2O2. The van der Waals surface area contributed by atoms with E-state index in [9.17, 15) is 9.59 Å². The maximum absolute atomic E-state index is 12.1. The molecule has 0 saturated carbocycles. The molecule has 4 heteroatoms. The summed E-state index contributed by atoms with van der Waals surface area (Å²) in [7, 11) is 0. The predicted octanol–water partition coefficient (Wildman–Crippen LogP) is 4.44. The van der Waals surface area contributed by atoms with Crippen molar-refractivity contribution >= 4 is 23.2 Å². The third kappa shape index (κ3) is 5.17. The first-order chi connectivity index (χ1) is 10.5. The molecule has 22 heavy (non-hydrogen) atoms. The van der Waals surface area contributed by atoms with E-state index >= 15 is 0 Å². The van der Waals surface area contributed by atoms with Crippen molar-refractivity contribution in [2.24, 2.45) is 11.8 Å². The molecule has 122 valence electrons. The highest BCUT2D eigenvalue weighted by Gasteiger charge is 2.16. The Balaban J connectivity index is 2.74. The largest absolute Gasteiger partial charge is 0.326 e. The zero-order valence-corrected chi connectivity index (χ0v) is 14.1. The van der Waals surface area contributed by atoms with Gasteiger partial charge in [-0.25, -0.2) is 0 Å². The first kappa shape index (κ1) is 18.2. The van der Waals surface area contributed by atoms with Crippen molar-refractivity contribution < 1.29 is 9.59 Å². The number of carbonyl (C=O) groups is 2. The molecule has 0 spiro atoms. The Morgan fingerprint density at radius 3 is 1.50 bits per heavy atom. The number of nitrogens with one attached hydrogen (secondary N) is 2. The summed E-state index contributed by atoms with van der Waals surface area (Å²) in [4.78, 5) is 24.2. The van der Waals surface area contributed by atoms with Gasteiger partial charge in [0.25, 0.3) is 0 Å². The SMILES string of the molecule is CCC(CC)C(=O)Nc1cccc(NC(=O)C(CC)CC)c1. The average molecular weight is 304 g/mol. The molecule has 2 amide bonds. The zero-order chi connectivity index (χ0) is 16.5. The Hall–Kier alpha value is -1.84. The van der Waals surface area contributed by atoms with E-state index in [1.807, 2.05) is 45.9 Å². The fraction of sp³-hybridized carbons (Fsp3) is 0.556. The monoisotopic (exact) mass is 304 g/mol. The second-order valence-electron chi connectivity index (χ2n) is 5.59. The highest BCUT2D eigenvalue weighted by Crippen LogP contribution is 2.19. The second-order valence-corrected chi connectivity index (χ2v) is 5.59. The summed E-state index contributed by atoms with van der Waals surface area (Å²) in [5.41, 5.74) is 1.44. The summed E-state index contributed by atoms with van der Waals surface area (Å²) in [6.07, 6.45) is 3.31. The standard InChI is InChI=1S/C18H28N2O2/c1-5-13(6-2)17(21)19-15-10-9-11-16(12-15)20-18(22)14(7-3)8-4/h9-14H,5-8H2,1-4H3,(H,19,21)(H,20,22). The summed E-state index contributed by atoms with van der Waals surface area (Å²) in [5.74, 6) is 0.132. The topological polar surface area (TPSA) is 58.2 Å². The van der Waals surface area contributed by atoms with Gasteiger partial charge in [0.2, 0.25) is 11.8 Å². The number of benzene rings is 1. The van der Waals surface area contributed by atoms with E-state index in [2.05, 4.69) is 10.6 Å². The van der Waals surface area contributed by atoms with Crippen LogP contribution in [0.25, 0.3) is 0 Å². The van der Waals surface area contributed by atoms with Crippen LogP contribution in [-0.4, -0.2) is 11.8 Å². The Labute approximate surface area is 133 Å². The molecule has 0 bridgehead atoms. The second kappa shape index (κ2) is 9.23. The molecule has 0 aromatic heterocycles. The van der Waals surface area contributed by atoms with Crippen LogP contribution in [0.1, 0.15) is 53.4 Å².